The van der Waals surface area contributed by atoms with Crippen molar-refractivity contribution in [1.82, 2.24) is 0 Å². The van der Waals surface area contributed by atoms with E-state index in [1.165, 1.54) is 0 Å². The van der Waals surface area contributed by atoms with Crippen LogP contribution in [0.3, 0.4) is 0 Å². The Bertz CT molecular complexity index is 306. The molecule has 2 bridgehead atoms. The summed E-state index contributed by atoms with van der Waals surface area (Å²) >= 11 is 18.2. The first-order valence-electron chi connectivity index (χ1n) is 5.85. The molecule has 0 spiro atoms. The van der Waals surface area contributed by atoms with Crippen molar-refractivity contribution in [2.45, 2.75) is 47.9 Å². The topological polar surface area (TPSA) is 26.3 Å². The number of fused-ring (bicyclic) bond motifs is 3. The van der Waals surface area contributed by atoms with Gasteiger partial charge in [-0.05, 0) is 32.1 Å². The first kappa shape index (κ1) is 13.9. The van der Waals surface area contributed by atoms with E-state index >= 15 is 0 Å². The van der Waals surface area contributed by atoms with Crippen LogP contribution in [0.4, 0.5) is 0 Å². The smallest absolute Gasteiger partial charge is 0.204 e. The minimum absolute atomic E-state index is 0.00167. The molecule has 3 rings (SSSR count). The van der Waals surface area contributed by atoms with Crippen LogP contribution in [-0.4, -0.2) is 21.6 Å². The molecule has 1 saturated carbocycles. The third-order valence-corrected chi connectivity index (χ3v) is 4.59. The molecule has 3 aliphatic rings. The molecule has 3 atom stereocenters. The standard InChI is InChI=1S/C12H15Cl3O2/c1-2-5-12(14,15)11(16)10-7-3-4-9(17-10)8(13)6-7/h7-9H,1-6H2. The van der Waals surface area contributed by atoms with Gasteiger partial charge in [0, 0.05) is 5.92 Å². The number of hydrogen-bond acceptors (Lipinski definition) is 2. The summed E-state index contributed by atoms with van der Waals surface area (Å²) in [5, 5.41) is -0.00167. The lowest BCUT2D eigenvalue weighted by atomic mass is 9.78. The van der Waals surface area contributed by atoms with Gasteiger partial charge in [0.25, 0.3) is 0 Å². The summed E-state index contributed by atoms with van der Waals surface area (Å²) in [7, 11) is 0. The van der Waals surface area contributed by atoms with E-state index in [9.17, 15) is 4.79 Å². The fourth-order valence-electron chi connectivity index (χ4n) is 2.47. The van der Waals surface area contributed by atoms with E-state index in [1.807, 2.05) is 0 Å². The molecule has 2 aliphatic heterocycles. The predicted molar refractivity (Wildman–Crippen MR) is 69.1 cm³/mol. The van der Waals surface area contributed by atoms with Crippen molar-refractivity contribution in [3.63, 3.8) is 0 Å². The van der Waals surface area contributed by atoms with Crippen molar-refractivity contribution >= 4 is 40.6 Å². The minimum Gasteiger partial charge on any atom is -0.358 e. The van der Waals surface area contributed by atoms with Gasteiger partial charge in [0.2, 0.25) is 5.78 Å². The number of rotatable bonds is 4. The van der Waals surface area contributed by atoms with Crippen molar-refractivity contribution in [2.75, 3.05) is 0 Å². The third-order valence-electron chi connectivity index (χ3n) is 3.41. The summed E-state index contributed by atoms with van der Waals surface area (Å²) in [5.74, 6) is -0.223. The van der Waals surface area contributed by atoms with E-state index in [1.54, 1.807) is 0 Å². The molecule has 0 aromatic rings. The van der Waals surface area contributed by atoms with Gasteiger partial charge in [-0.3, -0.25) is 4.79 Å². The molecule has 5 heteroatoms. The van der Waals surface area contributed by atoms with Crippen LogP contribution in [0, 0.1) is 18.9 Å². The highest BCUT2D eigenvalue weighted by Crippen LogP contribution is 2.47. The van der Waals surface area contributed by atoms with E-state index < -0.39 is 4.33 Å². The quantitative estimate of drug-likeness (QED) is 0.740. The zero-order chi connectivity index (χ0) is 12.6. The highest BCUT2D eigenvalue weighted by molar-refractivity contribution is 6.59. The first-order chi connectivity index (χ1) is 7.95. The second-order valence-corrected chi connectivity index (χ2v) is 6.73. The Morgan fingerprint density at radius 3 is 2.65 bits per heavy atom. The number of Topliss-reactive ketones (excluding diaryl/α,β-unsaturated/α-hetero) is 1. The Morgan fingerprint density at radius 2 is 2.18 bits per heavy atom. The number of carbonyl (C=O) groups excluding carboxylic acids is 1. The van der Waals surface area contributed by atoms with Crippen LogP contribution in [-0.2, 0) is 9.53 Å². The Morgan fingerprint density at radius 1 is 1.47 bits per heavy atom. The second-order valence-electron chi connectivity index (χ2n) is 4.68. The Kier molecular flexibility index (Phi) is 4.29. The highest BCUT2D eigenvalue weighted by atomic mass is 35.5. The summed E-state index contributed by atoms with van der Waals surface area (Å²) in [5.41, 5.74) is 0. The number of halogens is 3. The maximum atomic E-state index is 12.2. The molecule has 0 aromatic carbocycles. The second kappa shape index (κ2) is 5.24. The van der Waals surface area contributed by atoms with E-state index in [0.29, 0.717) is 18.9 Å². The van der Waals surface area contributed by atoms with Gasteiger partial charge in [-0.15, -0.1) is 11.6 Å². The number of hydrogen-bond donors (Lipinski definition) is 0. The van der Waals surface area contributed by atoms with Crippen LogP contribution in [0.25, 0.3) is 0 Å². The molecule has 2 heterocycles. The number of alkyl halides is 3. The van der Waals surface area contributed by atoms with Gasteiger partial charge < -0.3 is 4.74 Å². The molecule has 0 N–H and O–H groups in total. The molecule has 3 fully saturated rings. The Balaban J connectivity index is 2.06. The summed E-state index contributed by atoms with van der Waals surface area (Å²) < 4.78 is 4.23. The van der Waals surface area contributed by atoms with Crippen LogP contribution < -0.4 is 0 Å². The molecule has 96 valence electrons. The summed E-state index contributed by atoms with van der Waals surface area (Å²) in [6.45, 7) is 3.67. The lowest BCUT2D eigenvalue weighted by Crippen LogP contribution is -2.49. The van der Waals surface area contributed by atoms with Gasteiger partial charge >= 0.3 is 0 Å². The van der Waals surface area contributed by atoms with Gasteiger partial charge in [0.05, 0.1) is 11.5 Å². The maximum Gasteiger partial charge on any atom is 0.204 e. The first-order valence-corrected chi connectivity index (χ1v) is 7.04. The largest absolute Gasteiger partial charge is 0.358 e. The zero-order valence-corrected chi connectivity index (χ0v) is 11.7. The van der Waals surface area contributed by atoms with Gasteiger partial charge in [0.15, 0.2) is 10.4 Å². The molecule has 2 saturated heterocycles. The van der Waals surface area contributed by atoms with Crippen LogP contribution in [0.15, 0.2) is 0 Å². The number of ether oxygens (including phenoxy) is 1. The molecule has 0 amide bonds. The molecule has 17 heavy (non-hydrogen) atoms. The minimum atomic E-state index is -1.41. The van der Waals surface area contributed by atoms with Crippen LogP contribution in [0.2, 0.25) is 0 Å². The van der Waals surface area contributed by atoms with E-state index in [2.05, 4.69) is 6.92 Å². The van der Waals surface area contributed by atoms with Gasteiger partial charge in [-0.2, -0.15) is 0 Å². The lowest BCUT2D eigenvalue weighted by Gasteiger charge is -2.44. The molecule has 3 unspecified atom stereocenters. The SMILES string of the molecule is [CH2]CCC(Cl)(Cl)C(=O)[C]1OC2CCC1CC2Cl. The average molecular weight is 298 g/mol. The number of carbonyl (C=O) groups is 1. The molecule has 2 radical (unpaired) electrons. The summed E-state index contributed by atoms with van der Waals surface area (Å²) in [6.07, 6.45) is 3.83. The zero-order valence-electron chi connectivity index (χ0n) is 9.43. The van der Waals surface area contributed by atoms with Crippen molar-refractivity contribution < 1.29 is 9.53 Å². The van der Waals surface area contributed by atoms with Gasteiger partial charge in [0.1, 0.15) is 0 Å². The van der Waals surface area contributed by atoms with Crippen molar-refractivity contribution in [2.24, 2.45) is 5.92 Å². The summed E-state index contributed by atoms with van der Waals surface area (Å²) in [4.78, 5) is 12.2. The van der Waals surface area contributed by atoms with Crippen molar-refractivity contribution in [3.8, 4) is 0 Å². The monoisotopic (exact) mass is 296 g/mol. The lowest BCUT2D eigenvalue weighted by molar-refractivity contribution is -0.135. The molecular formula is C12H15Cl3O2. The third kappa shape index (κ3) is 2.75. The van der Waals surface area contributed by atoms with Gasteiger partial charge in [-0.1, -0.05) is 30.1 Å². The molecule has 2 nitrogen and oxygen atoms in total. The summed E-state index contributed by atoms with van der Waals surface area (Å²) in [6, 6.07) is 0. The molecular weight excluding hydrogens is 282 g/mol. The Labute approximate surface area is 117 Å². The normalized spacial score (nSPS) is 34.0. The van der Waals surface area contributed by atoms with Crippen LogP contribution in [0.1, 0.15) is 32.1 Å². The van der Waals surface area contributed by atoms with Crippen LogP contribution in [0.5, 0.6) is 0 Å². The highest BCUT2D eigenvalue weighted by Gasteiger charge is 2.50. The molecule has 1 aliphatic carbocycles. The van der Waals surface area contributed by atoms with Crippen molar-refractivity contribution in [3.05, 3.63) is 13.0 Å². The van der Waals surface area contributed by atoms with E-state index in [-0.39, 0.29) is 23.2 Å². The van der Waals surface area contributed by atoms with Crippen LogP contribution >= 0.6 is 34.8 Å². The average Bonchev–Trinajstić information content (AvgIpc) is 2.28. The fraction of sp³-hybridized carbons (Fsp3) is 0.750. The number of ketones is 1. The van der Waals surface area contributed by atoms with Crippen molar-refractivity contribution in [1.29, 1.82) is 0 Å². The van der Waals surface area contributed by atoms with E-state index in [0.717, 1.165) is 19.3 Å². The predicted octanol–water partition coefficient (Wildman–Crippen LogP) is 3.68. The fourth-order valence-corrected chi connectivity index (χ4v) is 3.32. The maximum absolute atomic E-state index is 12.2. The Hall–Kier alpha value is 0.500. The van der Waals surface area contributed by atoms with Gasteiger partial charge in [-0.25, -0.2) is 0 Å². The molecule has 0 aromatic heterocycles. The van der Waals surface area contributed by atoms with E-state index in [4.69, 9.17) is 39.5 Å².